The van der Waals surface area contributed by atoms with Crippen LogP contribution in [0, 0.1) is 0 Å². The third kappa shape index (κ3) is 4.11. The molecule has 2 aromatic rings. The van der Waals surface area contributed by atoms with Gasteiger partial charge in [-0.1, -0.05) is 29.3 Å². The number of benzene rings is 2. The van der Waals surface area contributed by atoms with Crippen molar-refractivity contribution in [2.45, 2.75) is 19.6 Å². The molecule has 1 heterocycles. The highest BCUT2D eigenvalue weighted by atomic mass is 35.5. The Balaban J connectivity index is 1.63. The number of likely N-dealkylation sites (N-methyl/N-ethyl adjacent to an activating group) is 1. The van der Waals surface area contributed by atoms with Crippen molar-refractivity contribution in [2.75, 3.05) is 13.8 Å². The smallest absolute Gasteiger partial charge is 0.263 e. The molecule has 1 aliphatic rings. The molecule has 0 bridgehead atoms. The van der Waals surface area contributed by atoms with Crippen molar-refractivity contribution in [1.29, 1.82) is 0 Å². The highest BCUT2D eigenvalue weighted by Crippen LogP contribution is 2.33. The fraction of sp³-hybridized carbons (Fsp3) is 0.278. The first-order valence-electron chi connectivity index (χ1n) is 7.69. The Morgan fingerprint density at radius 1 is 1.20 bits per heavy atom. The first-order chi connectivity index (χ1) is 11.9. The zero-order valence-electron chi connectivity index (χ0n) is 13.8. The van der Waals surface area contributed by atoms with Gasteiger partial charge in [-0.15, -0.1) is 0 Å². The lowest BCUT2D eigenvalue weighted by Crippen LogP contribution is -2.37. The quantitative estimate of drug-likeness (QED) is 0.780. The molecule has 2 aromatic carbocycles. The summed E-state index contributed by atoms with van der Waals surface area (Å²) < 4.78 is 16.3. The summed E-state index contributed by atoms with van der Waals surface area (Å²) in [5.74, 6) is 1.66. The molecule has 1 aliphatic heterocycles. The second kappa shape index (κ2) is 7.42. The molecule has 1 atom stereocenters. The standard InChI is InChI=1S/C18H17Cl2NO4/c1-11(25-15-6-4-13(19)8-14(15)20)18(22)21(2)9-12-3-5-16-17(7-12)24-10-23-16/h3-8,11H,9-10H2,1-2H3. The number of carbonyl (C=O) groups is 1. The van der Waals surface area contributed by atoms with E-state index in [0.29, 0.717) is 33.8 Å². The summed E-state index contributed by atoms with van der Waals surface area (Å²) >= 11 is 11.9. The molecule has 0 saturated carbocycles. The number of ether oxygens (including phenoxy) is 3. The van der Waals surface area contributed by atoms with Crippen LogP contribution in [-0.4, -0.2) is 30.8 Å². The zero-order valence-corrected chi connectivity index (χ0v) is 15.3. The van der Waals surface area contributed by atoms with Crippen LogP contribution in [0.25, 0.3) is 0 Å². The number of hydrogen-bond acceptors (Lipinski definition) is 4. The average molecular weight is 382 g/mol. The van der Waals surface area contributed by atoms with Crippen LogP contribution in [0.2, 0.25) is 10.0 Å². The maximum Gasteiger partial charge on any atom is 0.263 e. The van der Waals surface area contributed by atoms with E-state index in [1.165, 1.54) is 0 Å². The second-order valence-electron chi connectivity index (χ2n) is 5.72. The van der Waals surface area contributed by atoms with Crippen LogP contribution >= 0.6 is 23.2 Å². The first-order valence-corrected chi connectivity index (χ1v) is 8.45. The number of amides is 1. The fourth-order valence-corrected chi connectivity index (χ4v) is 2.97. The highest BCUT2D eigenvalue weighted by Gasteiger charge is 2.21. The molecule has 0 fully saturated rings. The van der Waals surface area contributed by atoms with Gasteiger partial charge < -0.3 is 19.1 Å². The molecular weight excluding hydrogens is 365 g/mol. The first kappa shape index (κ1) is 17.7. The molecule has 0 aliphatic carbocycles. The van der Waals surface area contributed by atoms with Crippen molar-refractivity contribution < 1.29 is 19.0 Å². The van der Waals surface area contributed by atoms with Gasteiger partial charge in [-0.05, 0) is 42.8 Å². The maximum atomic E-state index is 12.5. The Labute approximate surface area is 156 Å². The van der Waals surface area contributed by atoms with Gasteiger partial charge in [0.25, 0.3) is 5.91 Å². The molecule has 1 unspecified atom stereocenters. The Kier molecular flexibility index (Phi) is 5.25. The van der Waals surface area contributed by atoms with Crippen LogP contribution in [-0.2, 0) is 11.3 Å². The lowest BCUT2D eigenvalue weighted by Gasteiger charge is -2.22. The molecule has 25 heavy (non-hydrogen) atoms. The van der Waals surface area contributed by atoms with Gasteiger partial charge in [0.15, 0.2) is 17.6 Å². The van der Waals surface area contributed by atoms with Crippen LogP contribution in [0.5, 0.6) is 17.2 Å². The Morgan fingerprint density at radius 2 is 1.96 bits per heavy atom. The summed E-state index contributed by atoms with van der Waals surface area (Å²) in [6, 6.07) is 10.5. The van der Waals surface area contributed by atoms with E-state index in [9.17, 15) is 4.79 Å². The van der Waals surface area contributed by atoms with Crippen molar-refractivity contribution in [1.82, 2.24) is 4.90 Å². The predicted octanol–water partition coefficient (Wildman–Crippen LogP) is 4.15. The van der Waals surface area contributed by atoms with Gasteiger partial charge >= 0.3 is 0 Å². The van der Waals surface area contributed by atoms with Gasteiger partial charge in [0.1, 0.15) is 5.75 Å². The molecule has 5 nitrogen and oxygen atoms in total. The number of rotatable bonds is 5. The molecule has 0 N–H and O–H groups in total. The van der Waals surface area contributed by atoms with E-state index in [0.717, 1.165) is 5.56 Å². The Bertz CT molecular complexity index is 797. The largest absolute Gasteiger partial charge is 0.479 e. The zero-order chi connectivity index (χ0) is 18.0. The van der Waals surface area contributed by atoms with Crippen LogP contribution in [0.4, 0.5) is 0 Å². The number of hydrogen-bond donors (Lipinski definition) is 0. The van der Waals surface area contributed by atoms with Crippen molar-refractivity contribution in [2.24, 2.45) is 0 Å². The predicted molar refractivity (Wildman–Crippen MR) is 95.6 cm³/mol. The fourth-order valence-electron chi connectivity index (χ4n) is 2.51. The Hall–Kier alpha value is -2.11. The highest BCUT2D eigenvalue weighted by molar-refractivity contribution is 6.35. The maximum absolute atomic E-state index is 12.5. The van der Waals surface area contributed by atoms with Crippen LogP contribution in [0.1, 0.15) is 12.5 Å². The minimum absolute atomic E-state index is 0.163. The van der Waals surface area contributed by atoms with E-state index in [1.54, 1.807) is 37.1 Å². The summed E-state index contributed by atoms with van der Waals surface area (Å²) in [5.41, 5.74) is 0.942. The van der Waals surface area contributed by atoms with Crippen LogP contribution in [0.3, 0.4) is 0 Å². The third-order valence-electron chi connectivity index (χ3n) is 3.78. The summed E-state index contributed by atoms with van der Waals surface area (Å²) in [6.45, 7) is 2.33. The minimum Gasteiger partial charge on any atom is -0.479 e. The number of carbonyl (C=O) groups excluding carboxylic acids is 1. The van der Waals surface area contributed by atoms with Gasteiger partial charge in [0.05, 0.1) is 5.02 Å². The summed E-state index contributed by atoms with van der Waals surface area (Å²) in [4.78, 5) is 14.1. The van der Waals surface area contributed by atoms with E-state index >= 15 is 0 Å². The van der Waals surface area contributed by atoms with Gasteiger partial charge in [-0.25, -0.2) is 0 Å². The molecule has 7 heteroatoms. The monoisotopic (exact) mass is 381 g/mol. The van der Waals surface area contributed by atoms with E-state index in [4.69, 9.17) is 37.4 Å². The lowest BCUT2D eigenvalue weighted by molar-refractivity contribution is -0.137. The summed E-state index contributed by atoms with van der Waals surface area (Å²) in [7, 11) is 1.72. The lowest BCUT2D eigenvalue weighted by atomic mass is 10.2. The normalized spacial score (nSPS) is 13.4. The van der Waals surface area contributed by atoms with E-state index in [1.807, 2.05) is 18.2 Å². The van der Waals surface area contributed by atoms with Crippen molar-refractivity contribution >= 4 is 29.1 Å². The summed E-state index contributed by atoms with van der Waals surface area (Å²) in [5, 5.41) is 0.877. The number of halogens is 2. The number of fused-ring (bicyclic) bond motifs is 1. The molecule has 132 valence electrons. The van der Waals surface area contributed by atoms with Crippen molar-refractivity contribution in [3.05, 3.63) is 52.0 Å². The third-order valence-corrected chi connectivity index (χ3v) is 4.31. The second-order valence-corrected chi connectivity index (χ2v) is 6.56. The van der Waals surface area contributed by atoms with Gasteiger partial charge in [0.2, 0.25) is 6.79 Å². The average Bonchev–Trinajstić information content (AvgIpc) is 3.04. The summed E-state index contributed by atoms with van der Waals surface area (Å²) in [6.07, 6.45) is -0.683. The van der Waals surface area contributed by atoms with Crippen LogP contribution < -0.4 is 14.2 Å². The van der Waals surface area contributed by atoms with Crippen LogP contribution in [0.15, 0.2) is 36.4 Å². The molecule has 0 spiro atoms. The minimum atomic E-state index is -0.683. The van der Waals surface area contributed by atoms with Gasteiger partial charge in [-0.2, -0.15) is 0 Å². The molecule has 3 rings (SSSR count). The van der Waals surface area contributed by atoms with Gasteiger partial charge in [-0.3, -0.25) is 4.79 Å². The molecule has 0 saturated heterocycles. The topological polar surface area (TPSA) is 48.0 Å². The van der Waals surface area contributed by atoms with Crippen molar-refractivity contribution in [3.8, 4) is 17.2 Å². The molecule has 0 aromatic heterocycles. The van der Waals surface area contributed by atoms with Crippen molar-refractivity contribution in [3.63, 3.8) is 0 Å². The molecule has 0 radical (unpaired) electrons. The number of nitrogens with zero attached hydrogens (tertiary/aromatic N) is 1. The SMILES string of the molecule is CC(Oc1ccc(Cl)cc1Cl)C(=O)N(C)Cc1ccc2c(c1)OCO2. The molecule has 1 amide bonds. The van der Waals surface area contributed by atoms with Gasteiger partial charge in [0, 0.05) is 18.6 Å². The molecular formula is C18H17Cl2NO4. The van der Waals surface area contributed by atoms with E-state index in [-0.39, 0.29) is 12.7 Å². The van der Waals surface area contributed by atoms with E-state index in [2.05, 4.69) is 0 Å². The van der Waals surface area contributed by atoms with E-state index < -0.39 is 6.10 Å². The Morgan fingerprint density at radius 3 is 2.72 bits per heavy atom.